The number of hydrogen-bond acceptors (Lipinski definition) is 5. The van der Waals surface area contributed by atoms with Crippen molar-refractivity contribution in [1.82, 2.24) is 15.5 Å². The van der Waals surface area contributed by atoms with Crippen LogP contribution in [0.1, 0.15) is 37.6 Å². The topological polar surface area (TPSA) is 99.8 Å². The monoisotopic (exact) mass is 529 g/mol. The number of likely N-dealkylation sites (tertiary alicyclic amines) is 1. The molecule has 1 saturated heterocycles. The van der Waals surface area contributed by atoms with Gasteiger partial charge in [-0.3, -0.25) is 9.89 Å². The maximum atomic E-state index is 11.1. The summed E-state index contributed by atoms with van der Waals surface area (Å²) >= 11 is 1.76. The second-order valence-corrected chi connectivity index (χ2v) is 9.48. The lowest BCUT2D eigenvalue weighted by molar-refractivity contribution is 0.143. The molecule has 0 bridgehead atoms. The fourth-order valence-electron chi connectivity index (χ4n) is 3.04. The molecule has 1 unspecified atom stereocenters. The Kier molecular flexibility index (Phi) is 11.1. The zero-order valence-electron chi connectivity index (χ0n) is 16.1. The van der Waals surface area contributed by atoms with Gasteiger partial charge in [0.25, 0.3) is 0 Å². The molecular weight excluding hydrogens is 497 g/mol. The smallest absolute Gasteiger partial charge is 0.210 e. The number of nitrogens with two attached hydrogens (primary N) is 1. The molecule has 0 amide bonds. The van der Waals surface area contributed by atoms with Crippen LogP contribution >= 0.6 is 35.3 Å². The first-order valence-electron chi connectivity index (χ1n) is 9.19. The summed E-state index contributed by atoms with van der Waals surface area (Å²) in [7, 11) is -3.48. The first kappa shape index (κ1) is 24.6. The van der Waals surface area contributed by atoms with Crippen molar-refractivity contribution in [3.05, 3.63) is 22.4 Å². The lowest BCUT2D eigenvalue weighted by atomic mass is 9.97. The Morgan fingerprint density at radius 1 is 1.41 bits per heavy atom. The van der Waals surface area contributed by atoms with E-state index in [0.717, 1.165) is 19.0 Å². The minimum Gasteiger partial charge on any atom is -0.357 e. The van der Waals surface area contributed by atoms with Gasteiger partial charge in [-0.1, -0.05) is 13.0 Å². The molecule has 7 nitrogen and oxygen atoms in total. The van der Waals surface area contributed by atoms with Gasteiger partial charge in [-0.2, -0.15) is 0 Å². The number of halogens is 1. The molecule has 1 atom stereocenters. The molecule has 2 rings (SSSR count). The van der Waals surface area contributed by atoms with Crippen molar-refractivity contribution in [3.8, 4) is 0 Å². The van der Waals surface area contributed by atoms with E-state index in [2.05, 4.69) is 40.0 Å². The molecule has 27 heavy (non-hydrogen) atoms. The summed E-state index contributed by atoms with van der Waals surface area (Å²) in [5.74, 6) is 1.30. The van der Waals surface area contributed by atoms with Crippen molar-refractivity contribution < 1.29 is 8.42 Å². The third-order valence-corrected chi connectivity index (χ3v) is 6.32. The van der Waals surface area contributed by atoms with Gasteiger partial charge in [0.1, 0.15) is 0 Å². The van der Waals surface area contributed by atoms with Crippen molar-refractivity contribution in [2.24, 2.45) is 16.0 Å². The predicted octanol–water partition coefficient (Wildman–Crippen LogP) is 1.98. The summed E-state index contributed by atoms with van der Waals surface area (Å²) < 4.78 is 22.2. The van der Waals surface area contributed by atoms with Crippen LogP contribution in [-0.4, -0.2) is 57.8 Å². The molecule has 1 aromatic rings. The molecular formula is C17H32IN5O2S2. The first-order valence-corrected chi connectivity index (χ1v) is 11.8. The average Bonchev–Trinajstić information content (AvgIpc) is 3.09. The Morgan fingerprint density at radius 3 is 2.67 bits per heavy atom. The average molecular weight is 530 g/mol. The molecule has 0 aliphatic carbocycles. The maximum absolute atomic E-state index is 11.1. The normalized spacial score (nSPS) is 18.0. The summed E-state index contributed by atoms with van der Waals surface area (Å²) in [6.07, 6.45) is 2.44. The third-order valence-electron chi connectivity index (χ3n) is 4.58. The van der Waals surface area contributed by atoms with Gasteiger partial charge in [-0.15, -0.1) is 35.3 Å². The Morgan fingerprint density at radius 2 is 2.11 bits per heavy atom. The van der Waals surface area contributed by atoms with E-state index in [1.807, 2.05) is 6.92 Å². The van der Waals surface area contributed by atoms with Gasteiger partial charge in [0.15, 0.2) is 5.96 Å². The molecule has 0 aromatic carbocycles. The molecule has 0 saturated carbocycles. The second kappa shape index (κ2) is 12.2. The zero-order chi connectivity index (χ0) is 19.0. The summed E-state index contributed by atoms with van der Waals surface area (Å²) in [5, 5.41) is 13.4. The van der Waals surface area contributed by atoms with E-state index in [1.165, 1.54) is 17.7 Å². The molecule has 156 valence electrons. The molecule has 1 aliphatic rings. The summed E-state index contributed by atoms with van der Waals surface area (Å²) in [5.41, 5.74) is 0. The van der Waals surface area contributed by atoms with E-state index < -0.39 is 10.0 Å². The molecule has 1 fully saturated rings. The van der Waals surface area contributed by atoms with Crippen LogP contribution in [0.4, 0.5) is 0 Å². The quantitative estimate of drug-likeness (QED) is 0.272. The SMILES string of the molecule is CCNC(=NCC(c1cccs1)N1CCC(C)CC1)NCCS(N)(=O)=O.I. The van der Waals surface area contributed by atoms with E-state index in [-0.39, 0.29) is 42.3 Å². The van der Waals surface area contributed by atoms with Gasteiger partial charge in [0.2, 0.25) is 10.0 Å². The highest BCUT2D eigenvalue weighted by molar-refractivity contribution is 14.0. The van der Waals surface area contributed by atoms with Crippen LogP contribution in [0.5, 0.6) is 0 Å². The Balaban J connectivity index is 0.00000364. The lowest BCUT2D eigenvalue weighted by Crippen LogP contribution is -2.41. The largest absolute Gasteiger partial charge is 0.357 e. The highest BCUT2D eigenvalue weighted by Crippen LogP contribution is 2.29. The van der Waals surface area contributed by atoms with E-state index in [0.29, 0.717) is 19.0 Å². The maximum Gasteiger partial charge on any atom is 0.210 e. The Labute approximate surface area is 184 Å². The summed E-state index contributed by atoms with van der Waals surface area (Å²) in [6.45, 7) is 8.08. The molecule has 1 aromatic heterocycles. The van der Waals surface area contributed by atoms with Gasteiger partial charge in [0.05, 0.1) is 18.3 Å². The number of thiophene rings is 1. The molecule has 1 aliphatic heterocycles. The molecule has 10 heteroatoms. The van der Waals surface area contributed by atoms with Crippen LogP contribution in [-0.2, 0) is 10.0 Å². The lowest BCUT2D eigenvalue weighted by Gasteiger charge is -2.35. The number of nitrogens with one attached hydrogen (secondary N) is 2. The van der Waals surface area contributed by atoms with Crippen molar-refractivity contribution in [3.63, 3.8) is 0 Å². The Bertz CT molecular complexity index is 659. The van der Waals surface area contributed by atoms with E-state index in [4.69, 9.17) is 10.1 Å². The number of primary sulfonamides is 1. The van der Waals surface area contributed by atoms with Crippen molar-refractivity contribution in [1.29, 1.82) is 0 Å². The van der Waals surface area contributed by atoms with Crippen molar-refractivity contribution >= 4 is 51.3 Å². The minimum atomic E-state index is -3.48. The third kappa shape index (κ3) is 9.07. The van der Waals surface area contributed by atoms with Crippen molar-refractivity contribution in [2.45, 2.75) is 32.7 Å². The first-order chi connectivity index (χ1) is 12.4. The van der Waals surface area contributed by atoms with Crippen LogP contribution < -0.4 is 15.8 Å². The number of piperidine rings is 1. The predicted molar refractivity (Wildman–Crippen MR) is 124 cm³/mol. The highest BCUT2D eigenvalue weighted by Gasteiger charge is 2.25. The number of rotatable bonds is 8. The number of nitrogens with zero attached hydrogens (tertiary/aromatic N) is 2. The Hall–Kier alpha value is -0.430. The molecule has 2 heterocycles. The molecule has 4 N–H and O–H groups in total. The van der Waals surface area contributed by atoms with Crippen LogP contribution in [0, 0.1) is 5.92 Å². The standard InChI is InChI=1S/C17H31N5O2S2.HI/c1-3-19-17(20-8-12-26(18,23)24)21-13-15(16-5-4-11-25-16)22-9-6-14(2)7-10-22;/h4-5,11,14-15H,3,6-10,12-13H2,1-2H3,(H2,18,23,24)(H2,19,20,21);1H. The van der Waals surface area contributed by atoms with Crippen LogP contribution in [0.25, 0.3) is 0 Å². The van der Waals surface area contributed by atoms with E-state index in [9.17, 15) is 8.42 Å². The van der Waals surface area contributed by atoms with Crippen LogP contribution in [0.15, 0.2) is 22.5 Å². The summed E-state index contributed by atoms with van der Waals surface area (Å²) in [6, 6.07) is 4.51. The van der Waals surface area contributed by atoms with Crippen LogP contribution in [0.3, 0.4) is 0 Å². The number of hydrogen-bond donors (Lipinski definition) is 3. The fourth-order valence-corrected chi connectivity index (χ4v) is 4.28. The van der Waals surface area contributed by atoms with Gasteiger partial charge >= 0.3 is 0 Å². The second-order valence-electron chi connectivity index (χ2n) is 6.76. The van der Waals surface area contributed by atoms with Gasteiger partial charge in [-0.25, -0.2) is 13.6 Å². The summed E-state index contributed by atoms with van der Waals surface area (Å²) in [4.78, 5) is 8.55. The minimum absolute atomic E-state index is 0. The van der Waals surface area contributed by atoms with E-state index in [1.54, 1.807) is 11.3 Å². The molecule has 0 radical (unpaired) electrons. The molecule has 0 spiro atoms. The fraction of sp³-hybridized carbons (Fsp3) is 0.706. The zero-order valence-corrected chi connectivity index (χ0v) is 20.0. The van der Waals surface area contributed by atoms with Gasteiger partial charge < -0.3 is 10.6 Å². The van der Waals surface area contributed by atoms with Gasteiger partial charge in [0, 0.05) is 18.0 Å². The number of sulfonamides is 1. The van der Waals surface area contributed by atoms with E-state index >= 15 is 0 Å². The number of guanidine groups is 1. The van der Waals surface area contributed by atoms with Crippen LogP contribution in [0.2, 0.25) is 0 Å². The van der Waals surface area contributed by atoms with Crippen molar-refractivity contribution in [2.75, 3.05) is 38.5 Å². The highest BCUT2D eigenvalue weighted by atomic mass is 127. The van der Waals surface area contributed by atoms with Gasteiger partial charge in [-0.05, 0) is 50.2 Å². The number of aliphatic imine (C=N–C) groups is 1.